The maximum absolute atomic E-state index is 5.86. The molecule has 0 aliphatic carbocycles. The van der Waals surface area contributed by atoms with E-state index in [0.29, 0.717) is 6.10 Å². The van der Waals surface area contributed by atoms with Crippen LogP contribution in [-0.4, -0.2) is 26.3 Å². The van der Waals surface area contributed by atoms with Crippen LogP contribution in [0.3, 0.4) is 0 Å². The van der Waals surface area contributed by atoms with Gasteiger partial charge in [0.15, 0.2) is 0 Å². The summed E-state index contributed by atoms with van der Waals surface area (Å²) in [6, 6.07) is 7.77. The molecule has 1 aromatic carbocycles. The van der Waals surface area contributed by atoms with Gasteiger partial charge in [0.1, 0.15) is 17.6 Å². The van der Waals surface area contributed by atoms with E-state index in [4.69, 9.17) is 9.47 Å². The van der Waals surface area contributed by atoms with E-state index < -0.39 is 0 Å². The van der Waals surface area contributed by atoms with E-state index >= 15 is 0 Å². The Kier molecular flexibility index (Phi) is 3.45. The number of hydrogen-bond acceptors (Lipinski definition) is 3. The highest BCUT2D eigenvalue weighted by Crippen LogP contribution is 2.21. The molecule has 15 heavy (non-hydrogen) atoms. The molecule has 82 valence electrons. The highest BCUT2D eigenvalue weighted by Gasteiger charge is 2.14. The molecule has 0 spiro atoms. The smallest absolute Gasteiger partial charge is 0.123 e. The fourth-order valence-corrected chi connectivity index (χ4v) is 1.79. The Hall–Kier alpha value is -1.22. The van der Waals surface area contributed by atoms with Crippen molar-refractivity contribution in [3.05, 3.63) is 24.3 Å². The van der Waals surface area contributed by atoms with Crippen molar-refractivity contribution in [2.75, 3.05) is 20.2 Å². The van der Waals surface area contributed by atoms with Crippen molar-refractivity contribution in [2.24, 2.45) is 0 Å². The molecule has 3 nitrogen and oxygen atoms in total. The Morgan fingerprint density at radius 1 is 1.33 bits per heavy atom. The summed E-state index contributed by atoms with van der Waals surface area (Å²) in [6.45, 7) is 2.05. The average molecular weight is 207 g/mol. The van der Waals surface area contributed by atoms with Gasteiger partial charge in [-0.15, -0.1) is 0 Å². The van der Waals surface area contributed by atoms with E-state index in [2.05, 4.69) is 5.32 Å². The van der Waals surface area contributed by atoms with Gasteiger partial charge in [-0.1, -0.05) is 6.07 Å². The molecule has 0 radical (unpaired) electrons. The van der Waals surface area contributed by atoms with Gasteiger partial charge in [0.25, 0.3) is 0 Å². The molecule has 0 aromatic heterocycles. The van der Waals surface area contributed by atoms with Gasteiger partial charge in [0.2, 0.25) is 0 Å². The number of methoxy groups -OCH3 is 1. The summed E-state index contributed by atoms with van der Waals surface area (Å²) in [5.41, 5.74) is 0. The van der Waals surface area contributed by atoms with E-state index in [1.807, 2.05) is 24.3 Å². The normalized spacial score (nSPS) is 21.0. The molecule has 1 atom stereocenters. The van der Waals surface area contributed by atoms with Crippen LogP contribution in [0.5, 0.6) is 11.5 Å². The molecule has 0 unspecified atom stereocenters. The Morgan fingerprint density at radius 2 is 2.20 bits per heavy atom. The van der Waals surface area contributed by atoms with Gasteiger partial charge in [0.05, 0.1) is 7.11 Å². The predicted octanol–water partition coefficient (Wildman–Crippen LogP) is 1.83. The third-order valence-electron chi connectivity index (χ3n) is 2.60. The van der Waals surface area contributed by atoms with Gasteiger partial charge in [-0.3, -0.25) is 0 Å². The number of rotatable bonds is 3. The quantitative estimate of drug-likeness (QED) is 0.820. The SMILES string of the molecule is COc1cccc(O[C@@H]2CCCNC2)c1. The van der Waals surface area contributed by atoms with Gasteiger partial charge in [-0.25, -0.2) is 0 Å². The molecule has 1 heterocycles. The van der Waals surface area contributed by atoms with Crippen molar-refractivity contribution in [3.8, 4) is 11.5 Å². The highest BCUT2D eigenvalue weighted by atomic mass is 16.5. The first-order chi connectivity index (χ1) is 7.38. The highest BCUT2D eigenvalue weighted by molar-refractivity contribution is 5.32. The monoisotopic (exact) mass is 207 g/mol. The van der Waals surface area contributed by atoms with Crippen LogP contribution in [0.15, 0.2) is 24.3 Å². The Labute approximate surface area is 90.4 Å². The van der Waals surface area contributed by atoms with Crippen molar-refractivity contribution in [3.63, 3.8) is 0 Å². The summed E-state index contributed by atoms with van der Waals surface area (Å²) in [6.07, 6.45) is 2.62. The second kappa shape index (κ2) is 5.03. The van der Waals surface area contributed by atoms with Crippen LogP contribution in [-0.2, 0) is 0 Å². The molecule has 0 bridgehead atoms. The van der Waals surface area contributed by atoms with Gasteiger partial charge in [-0.2, -0.15) is 0 Å². The van der Waals surface area contributed by atoms with Crippen LogP contribution < -0.4 is 14.8 Å². The lowest BCUT2D eigenvalue weighted by Gasteiger charge is -2.24. The lowest BCUT2D eigenvalue weighted by molar-refractivity contribution is 0.166. The van der Waals surface area contributed by atoms with Gasteiger partial charge >= 0.3 is 0 Å². The second-order valence-electron chi connectivity index (χ2n) is 3.77. The van der Waals surface area contributed by atoms with Gasteiger partial charge < -0.3 is 14.8 Å². The molecule has 1 aliphatic heterocycles. The number of nitrogens with one attached hydrogen (secondary N) is 1. The van der Waals surface area contributed by atoms with E-state index in [9.17, 15) is 0 Å². The fourth-order valence-electron chi connectivity index (χ4n) is 1.79. The van der Waals surface area contributed by atoms with Crippen LogP contribution in [0.2, 0.25) is 0 Å². The minimum atomic E-state index is 0.297. The summed E-state index contributed by atoms with van der Waals surface area (Å²) in [7, 11) is 1.67. The predicted molar refractivity (Wildman–Crippen MR) is 59.5 cm³/mol. The number of hydrogen-bond donors (Lipinski definition) is 1. The van der Waals surface area contributed by atoms with Crippen molar-refractivity contribution in [1.82, 2.24) is 5.32 Å². The molecule has 0 amide bonds. The molecule has 1 fully saturated rings. The molecule has 1 aliphatic rings. The van der Waals surface area contributed by atoms with Crippen LogP contribution in [0.1, 0.15) is 12.8 Å². The Balaban J connectivity index is 1.96. The van der Waals surface area contributed by atoms with Crippen LogP contribution in [0.4, 0.5) is 0 Å². The summed E-state index contributed by atoms with van der Waals surface area (Å²) in [5.74, 6) is 1.74. The van der Waals surface area contributed by atoms with Crippen LogP contribution in [0.25, 0.3) is 0 Å². The third-order valence-corrected chi connectivity index (χ3v) is 2.60. The van der Waals surface area contributed by atoms with Crippen LogP contribution in [0, 0.1) is 0 Å². The van der Waals surface area contributed by atoms with Crippen molar-refractivity contribution in [2.45, 2.75) is 18.9 Å². The molecule has 2 rings (SSSR count). The second-order valence-corrected chi connectivity index (χ2v) is 3.77. The lowest BCUT2D eigenvalue weighted by atomic mass is 10.1. The van der Waals surface area contributed by atoms with E-state index in [1.54, 1.807) is 7.11 Å². The molecule has 0 saturated carbocycles. The van der Waals surface area contributed by atoms with Crippen LogP contribution >= 0.6 is 0 Å². The number of benzene rings is 1. The van der Waals surface area contributed by atoms with Gasteiger partial charge in [-0.05, 0) is 31.5 Å². The molecular weight excluding hydrogens is 190 g/mol. The van der Waals surface area contributed by atoms with E-state index in [0.717, 1.165) is 31.0 Å². The first-order valence-electron chi connectivity index (χ1n) is 5.40. The summed E-state index contributed by atoms with van der Waals surface area (Å²) in [5, 5.41) is 3.33. The van der Waals surface area contributed by atoms with E-state index in [1.165, 1.54) is 6.42 Å². The number of piperidine rings is 1. The minimum Gasteiger partial charge on any atom is -0.497 e. The fraction of sp³-hybridized carbons (Fsp3) is 0.500. The zero-order valence-electron chi connectivity index (χ0n) is 9.03. The zero-order chi connectivity index (χ0) is 10.5. The third kappa shape index (κ3) is 2.86. The van der Waals surface area contributed by atoms with E-state index in [-0.39, 0.29) is 0 Å². The standard InChI is InChI=1S/C12H17NO2/c1-14-10-4-2-5-11(8-10)15-12-6-3-7-13-9-12/h2,4-5,8,12-13H,3,6-7,9H2,1H3/t12-/m1/s1. The van der Waals surface area contributed by atoms with Crippen molar-refractivity contribution in [1.29, 1.82) is 0 Å². The lowest BCUT2D eigenvalue weighted by Crippen LogP contribution is -2.37. The summed E-state index contributed by atoms with van der Waals surface area (Å²) >= 11 is 0. The number of ether oxygens (including phenoxy) is 2. The maximum Gasteiger partial charge on any atom is 0.123 e. The summed E-state index contributed by atoms with van der Waals surface area (Å²) in [4.78, 5) is 0. The topological polar surface area (TPSA) is 30.5 Å². The first kappa shape index (κ1) is 10.3. The zero-order valence-corrected chi connectivity index (χ0v) is 9.03. The molecule has 3 heteroatoms. The summed E-state index contributed by atoms with van der Waals surface area (Å²) < 4.78 is 11.0. The van der Waals surface area contributed by atoms with Gasteiger partial charge in [0, 0.05) is 12.6 Å². The minimum absolute atomic E-state index is 0.297. The molecule has 1 aromatic rings. The largest absolute Gasteiger partial charge is 0.497 e. The first-order valence-corrected chi connectivity index (χ1v) is 5.40. The Bertz CT molecular complexity index is 308. The van der Waals surface area contributed by atoms with Crippen molar-refractivity contribution >= 4 is 0 Å². The average Bonchev–Trinajstić information content (AvgIpc) is 2.31. The molecule has 1 N–H and O–H groups in total. The van der Waals surface area contributed by atoms with Crippen molar-refractivity contribution < 1.29 is 9.47 Å². The molecular formula is C12H17NO2. The maximum atomic E-state index is 5.86. The Morgan fingerprint density at radius 3 is 2.93 bits per heavy atom. The molecule has 1 saturated heterocycles.